The van der Waals surface area contributed by atoms with Crippen LogP contribution in [0.2, 0.25) is 0 Å². The average molecular weight is 374 g/mol. The molecular weight excluding hydrogens is 348 g/mol. The number of carbonyl (C=O) groups excluding carboxylic acids is 1. The van der Waals surface area contributed by atoms with Crippen LogP contribution in [0.3, 0.4) is 0 Å². The van der Waals surface area contributed by atoms with Gasteiger partial charge < -0.3 is 4.57 Å². The molecule has 1 aromatic heterocycles. The molecule has 4 rings (SSSR count). The maximum atomic E-state index is 12.4. The molecule has 0 bridgehead atoms. The van der Waals surface area contributed by atoms with Crippen molar-refractivity contribution in [3.8, 4) is 11.4 Å². The Labute approximate surface area is 166 Å². The van der Waals surface area contributed by atoms with Crippen LogP contribution in [0.4, 0.5) is 0 Å². The van der Waals surface area contributed by atoms with Crippen molar-refractivity contribution in [2.75, 3.05) is 39.3 Å². The fourth-order valence-corrected chi connectivity index (χ4v) is 3.68. The van der Waals surface area contributed by atoms with Crippen molar-refractivity contribution in [1.82, 2.24) is 19.4 Å². The summed E-state index contributed by atoms with van der Waals surface area (Å²) in [6.07, 6.45) is 3.92. The molecule has 0 saturated carbocycles. The SMILES string of the molecule is O=C(CN1CCN(CCn2ccnc2-c2ccccc2)CC1)c1ccccc1. The fourth-order valence-electron chi connectivity index (χ4n) is 3.68. The molecule has 28 heavy (non-hydrogen) atoms. The van der Waals surface area contributed by atoms with Gasteiger partial charge in [0.15, 0.2) is 5.78 Å². The number of rotatable bonds is 7. The highest BCUT2D eigenvalue weighted by atomic mass is 16.1. The first-order chi connectivity index (χ1) is 13.8. The zero-order valence-corrected chi connectivity index (χ0v) is 16.1. The molecule has 0 N–H and O–H groups in total. The number of carbonyl (C=O) groups is 1. The van der Waals surface area contributed by atoms with Gasteiger partial charge in [-0.15, -0.1) is 0 Å². The van der Waals surface area contributed by atoms with Crippen LogP contribution in [-0.4, -0.2) is 64.4 Å². The van der Waals surface area contributed by atoms with Crippen LogP contribution in [0.25, 0.3) is 11.4 Å². The van der Waals surface area contributed by atoms with Gasteiger partial charge >= 0.3 is 0 Å². The molecule has 0 amide bonds. The first-order valence-electron chi connectivity index (χ1n) is 9.89. The Balaban J connectivity index is 1.26. The summed E-state index contributed by atoms with van der Waals surface area (Å²) in [5, 5.41) is 0. The summed E-state index contributed by atoms with van der Waals surface area (Å²) in [4.78, 5) is 21.6. The molecule has 0 atom stereocenters. The minimum Gasteiger partial charge on any atom is -0.330 e. The molecule has 1 aliphatic heterocycles. The summed E-state index contributed by atoms with van der Waals surface area (Å²) < 4.78 is 2.22. The van der Waals surface area contributed by atoms with Gasteiger partial charge in [-0.1, -0.05) is 60.7 Å². The number of hydrogen-bond donors (Lipinski definition) is 0. The highest BCUT2D eigenvalue weighted by Gasteiger charge is 2.19. The molecule has 0 radical (unpaired) electrons. The second kappa shape index (κ2) is 8.95. The first-order valence-corrected chi connectivity index (χ1v) is 9.89. The lowest BCUT2D eigenvalue weighted by molar-refractivity contribution is 0.0848. The van der Waals surface area contributed by atoms with Crippen LogP contribution in [0.5, 0.6) is 0 Å². The van der Waals surface area contributed by atoms with Crippen LogP contribution in [-0.2, 0) is 6.54 Å². The van der Waals surface area contributed by atoms with Gasteiger partial charge in [0.1, 0.15) is 5.82 Å². The van der Waals surface area contributed by atoms with Gasteiger partial charge in [-0.2, -0.15) is 0 Å². The number of imidazole rings is 1. The number of ketones is 1. The standard InChI is InChI=1S/C23H26N4O/c28-22(20-7-3-1-4-8-20)19-26-15-13-25(14-16-26)17-18-27-12-11-24-23(27)21-9-5-2-6-10-21/h1-12H,13-19H2. The molecule has 1 aliphatic rings. The van der Waals surface area contributed by atoms with Crippen molar-refractivity contribution in [3.63, 3.8) is 0 Å². The zero-order valence-electron chi connectivity index (χ0n) is 16.1. The zero-order chi connectivity index (χ0) is 19.2. The van der Waals surface area contributed by atoms with Crippen molar-refractivity contribution >= 4 is 5.78 Å². The summed E-state index contributed by atoms with van der Waals surface area (Å²) in [6, 6.07) is 19.9. The smallest absolute Gasteiger partial charge is 0.176 e. The molecule has 0 spiro atoms. The monoisotopic (exact) mass is 374 g/mol. The van der Waals surface area contributed by atoms with Crippen LogP contribution < -0.4 is 0 Å². The van der Waals surface area contributed by atoms with Gasteiger partial charge in [-0.05, 0) is 0 Å². The normalized spacial score (nSPS) is 15.6. The largest absolute Gasteiger partial charge is 0.330 e. The highest BCUT2D eigenvalue weighted by Crippen LogP contribution is 2.17. The molecule has 1 fully saturated rings. The fraction of sp³-hybridized carbons (Fsp3) is 0.304. The Bertz CT molecular complexity index is 883. The third-order valence-electron chi connectivity index (χ3n) is 5.33. The van der Waals surface area contributed by atoms with Crippen LogP contribution in [0.1, 0.15) is 10.4 Å². The lowest BCUT2D eigenvalue weighted by atomic mass is 10.1. The summed E-state index contributed by atoms with van der Waals surface area (Å²) >= 11 is 0. The molecule has 3 aromatic rings. The lowest BCUT2D eigenvalue weighted by Crippen LogP contribution is -2.48. The quantitative estimate of drug-likeness (QED) is 0.596. The molecule has 144 valence electrons. The van der Waals surface area contributed by atoms with Gasteiger partial charge in [0.25, 0.3) is 0 Å². The Hall–Kier alpha value is -2.76. The van der Waals surface area contributed by atoms with E-state index in [9.17, 15) is 4.79 Å². The van der Waals surface area contributed by atoms with Crippen molar-refractivity contribution in [2.45, 2.75) is 6.54 Å². The van der Waals surface area contributed by atoms with Crippen molar-refractivity contribution in [2.24, 2.45) is 0 Å². The third-order valence-corrected chi connectivity index (χ3v) is 5.33. The molecule has 2 heterocycles. The molecule has 2 aromatic carbocycles. The van der Waals surface area contributed by atoms with Crippen LogP contribution >= 0.6 is 0 Å². The van der Waals surface area contributed by atoms with E-state index < -0.39 is 0 Å². The van der Waals surface area contributed by atoms with Crippen molar-refractivity contribution < 1.29 is 4.79 Å². The van der Waals surface area contributed by atoms with Gasteiger partial charge in [0.2, 0.25) is 0 Å². The van der Waals surface area contributed by atoms with Gasteiger partial charge in [-0.25, -0.2) is 4.98 Å². The molecule has 0 aliphatic carbocycles. The Morgan fingerprint density at radius 3 is 2.18 bits per heavy atom. The second-order valence-corrected chi connectivity index (χ2v) is 7.22. The van der Waals surface area contributed by atoms with E-state index in [0.29, 0.717) is 6.54 Å². The van der Waals surface area contributed by atoms with Gasteiger partial charge in [0.05, 0.1) is 6.54 Å². The lowest BCUT2D eigenvalue weighted by Gasteiger charge is -2.34. The second-order valence-electron chi connectivity index (χ2n) is 7.22. The maximum Gasteiger partial charge on any atom is 0.176 e. The molecule has 1 saturated heterocycles. The summed E-state index contributed by atoms with van der Waals surface area (Å²) in [6.45, 7) is 6.30. The third kappa shape index (κ3) is 4.55. The van der Waals surface area contributed by atoms with Gasteiger partial charge in [-0.3, -0.25) is 14.6 Å². The predicted molar refractivity (Wildman–Crippen MR) is 111 cm³/mol. The maximum absolute atomic E-state index is 12.4. The summed E-state index contributed by atoms with van der Waals surface area (Å²) in [5.74, 6) is 1.23. The van der Waals surface area contributed by atoms with E-state index in [0.717, 1.165) is 56.2 Å². The number of hydrogen-bond acceptors (Lipinski definition) is 4. The minimum atomic E-state index is 0.208. The number of aromatic nitrogens is 2. The molecule has 5 nitrogen and oxygen atoms in total. The summed E-state index contributed by atoms with van der Waals surface area (Å²) in [7, 11) is 0. The minimum absolute atomic E-state index is 0.208. The van der Waals surface area contributed by atoms with Crippen LogP contribution in [0, 0.1) is 0 Å². The van der Waals surface area contributed by atoms with E-state index in [1.165, 1.54) is 0 Å². The van der Waals surface area contributed by atoms with Crippen molar-refractivity contribution in [1.29, 1.82) is 0 Å². The van der Waals surface area contributed by atoms with Crippen LogP contribution in [0.15, 0.2) is 73.1 Å². The number of benzene rings is 2. The summed E-state index contributed by atoms with van der Waals surface area (Å²) in [5.41, 5.74) is 1.95. The van der Waals surface area contributed by atoms with E-state index in [1.807, 2.05) is 54.7 Å². The van der Waals surface area contributed by atoms with E-state index in [4.69, 9.17) is 0 Å². The van der Waals surface area contributed by atoms with E-state index >= 15 is 0 Å². The number of Topliss-reactive ketones (excluding diaryl/α,β-unsaturated/α-hetero) is 1. The molecule has 0 unspecified atom stereocenters. The van der Waals surface area contributed by atoms with Crippen molar-refractivity contribution in [3.05, 3.63) is 78.6 Å². The van der Waals surface area contributed by atoms with Gasteiger partial charge in [0, 0.05) is 62.8 Å². The highest BCUT2D eigenvalue weighted by molar-refractivity contribution is 5.97. The number of piperazine rings is 1. The molecular formula is C23H26N4O. The first kappa shape index (κ1) is 18.6. The van der Waals surface area contributed by atoms with E-state index in [2.05, 4.69) is 37.7 Å². The Morgan fingerprint density at radius 1 is 0.821 bits per heavy atom. The predicted octanol–water partition coefficient (Wildman–Crippen LogP) is 3.05. The topological polar surface area (TPSA) is 41.4 Å². The Kier molecular flexibility index (Phi) is 5.95. The van der Waals surface area contributed by atoms with E-state index in [-0.39, 0.29) is 5.78 Å². The number of nitrogens with zero attached hydrogens (tertiary/aromatic N) is 4. The molecule has 5 heteroatoms. The Morgan fingerprint density at radius 2 is 1.46 bits per heavy atom. The van der Waals surface area contributed by atoms with E-state index in [1.54, 1.807) is 0 Å². The average Bonchev–Trinajstić information content (AvgIpc) is 3.23.